The molecule has 5 rings (SSSR count). The molecule has 3 amide bonds. The molecule has 2 N–H and O–H groups in total. The summed E-state index contributed by atoms with van der Waals surface area (Å²) in [7, 11) is 1.97. The van der Waals surface area contributed by atoms with E-state index >= 15 is 0 Å². The number of ether oxygens (including phenoxy) is 1. The van der Waals surface area contributed by atoms with Crippen molar-refractivity contribution in [3.05, 3.63) is 54.4 Å². The van der Waals surface area contributed by atoms with Crippen molar-refractivity contribution in [2.45, 2.75) is 64.0 Å². The highest BCUT2D eigenvalue weighted by molar-refractivity contribution is 6.00. The van der Waals surface area contributed by atoms with E-state index in [1.807, 2.05) is 72.6 Å². The number of nitrogens with two attached hydrogens (primary N) is 1. The fourth-order valence-electron chi connectivity index (χ4n) is 5.80. The molecule has 0 saturated carbocycles. The Balaban J connectivity index is 1.41. The number of likely N-dealkylation sites (tertiary alicyclic amines) is 2. The molecule has 0 bridgehead atoms. The number of amides is 3. The highest BCUT2D eigenvalue weighted by Crippen LogP contribution is 2.33. The summed E-state index contributed by atoms with van der Waals surface area (Å²) in [6, 6.07) is 11.8. The van der Waals surface area contributed by atoms with E-state index in [1.165, 1.54) is 5.56 Å². The monoisotopic (exact) mass is 532 g/mol. The zero-order valence-electron chi connectivity index (χ0n) is 23.5. The number of hydrogen-bond donors (Lipinski definition) is 1. The molecule has 39 heavy (non-hydrogen) atoms. The predicted octanol–water partition coefficient (Wildman–Crippen LogP) is 5.36. The topological polar surface area (TPSA) is 96.9 Å². The summed E-state index contributed by atoms with van der Waals surface area (Å²) in [5.41, 5.74) is 8.24. The van der Waals surface area contributed by atoms with Crippen LogP contribution < -0.4 is 10.6 Å². The molecule has 0 aliphatic carbocycles. The summed E-state index contributed by atoms with van der Waals surface area (Å²) in [6.45, 7) is 7.96. The number of rotatable bonds is 3. The number of piperidine rings is 2. The fraction of sp³-hybridized carbons (Fsp3) is 0.500. The summed E-state index contributed by atoms with van der Waals surface area (Å²) in [5.74, 6) is 1.04. The van der Waals surface area contributed by atoms with Crippen molar-refractivity contribution in [3.63, 3.8) is 0 Å². The Hall–Kier alpha value is -3.75. The summed E-state index contributed by atoms with van der Waals surface area (Å²) >= 11 is 0. The lowest BCUT2D eigenvalue weighted by atomic mass is 9.89. The average Bonchev–Trinajstić information content (AvgIpc) is 3.30. The quantitative estimate of drug-likeness (QED) is 0.458. The maximum Gasteiger partial charge on any atom is 0.410 e. The molecule has 3 aromatic rings. The zero-order chi connectivity index (χ0) is 27.7. The molecule has 2 fully saturated rings. The maximum absolute atomic E-state index is 14.3. The molecule has 9 nitrogen and oxygen atoms in total. The van der Waals surface area contributed by atoms with Gasteiger partial charge in [0, 0.05) is 56.7 Å². The van der Waals surface area contributed by atoms with Gasteiger partial charge < -0.3 is 24.8 Å². The molecule has 4 heterocycles. The number of benzene rings is 1. The van der Waals surface area contributed by atoms with E-state index < -0.39 is 5.60 Å². The van der Waals surface area contributed by atoms with Crippen LogP contribution in [0, 0.1) is 0 Å². The minimum Gasteiger partial charge on any atom is -0.444 e. The van der Waals surface area contributed by atoms with Crippen LogP contribution in [0.1, 0.15) is 57.9 Å². The SMILES string of the molecule is Cn1ccc2ccnc(N(C(=O)N3CCC(c4ccc(N)cc4)CC3)[C@H]3CCCN(C(=O)OC(C)(C)C)C3)c21. The van der Waals surface area contributed by atoms with Gasteiger partial charge in [0.05, 0.1) is 11.6 Å². The number of aryl methyl sites for hydroxylation is 1. The number of fused-ring (bicyclic) bond motifs is 1. The molecule has 2 aliphatic rings. The van der Waals surface area contributed by atoms with E-state index in [0.717, 1.165) is 42.3 Å². The zero-order valence-corrected chi connectivity index (χ0v) is 23.5. The van der Waals surface area contributed by atoms with Crippen LogP contribution in [0.4, 0.5) is 21.1 Å². The van der Waals surface area contributed by atoms with Crippen LogP contribution in [0.15, 0.2) is 48.8 Å². The van der Waals surface area contributed by atoms with Crippen molar-refractivity contribution in [1.29, 1.82) is 0 Å². The largest absolute Gasteiger partial charge is 0.444 e. The number of carbonyl (C=O) groups excluding carboxylic acids is 2. The van der Waals surface area contributed by atoms with Crippen molar-refractivity contribution >= 4 is 34.5 Å². The van der Waals surface area contributed by atoms with Gasteiger partial charge in [-0.2, -0.15) is 0 Å². The van der Waals surface area contributed by atoms with E-state index in [0.29, 0.717) is 37.9 Å². The van der Waals surface area contributed by atoms with Crippen molar-refractivity contribution in [2.24, 2.45) is 7.05 Å². The van der Waals surface area contributed by atoms with Gasteiger partial charge in [0.15, 0.2) is 5.82 Å². The van der Waals surface area contributed by atoms with Crippen molar-refractivity contribution < 1.29 is 14.3 Å². The summed E-state index contributed by atoms with van der Waals surface area (Å²) < 4.78 is 7.69. The Bertz CT molecular complexity index is 1320. The summed E-state index contributed by atoms with van der Waals surface area (Å²) in [6.07, 6.45) is 6.77. The molecule has 9 heteroatoms. The molecule has 0 unspecified atom stereocenters. The fourth-order valence-corrected chi connectivity index (χ4v) is 5.80. The first-order valence-corrected chi connectivity index (χ1v) is 13.9. The lowest BCUT2D eigenvalue weighted by Crippen LogP contribution is -2.57. The highest BCUT2D eigenvalue weighted by Gasteiger charge is 2.38. The second kappa shape index (κ2) is 10.8. The molecular weight excluding hydrogens is 492 g/mol. The van der Waals surface area contributed by atoms with E-state index in [4.69, 9.17) is 15.5 Å². The number of nitrogen functional groups attached to an aromatic ring is 1. The Kier molecular flexibility index (Phi) is 7.42. The molecule has 208 valence electrons. The van der Waals surface area contributed by atoms with Crippen LogP contribution in [-0.2, 0) is 11.8 Å². The summed E-state index contributed by atoms with van der Waals surface area (Å²) in [4.78, 5) is 37.6. The van der Waals surface area contributed by atoms with E-state index in [1.54, 1.807) is 11.1 Å². The molecule has 1 atom stereocenters. The molecule has 0 spiro atoms. The van der Waals surface area contributed by atoms with Gasteiger partial charge in [-0.05, 0) is 82.2 Å². The van der Waals surface area contributed by atoms with Crippen LogP contribution in [0.3, 0.4) is 0 Å². The van der Waals surface area contributed by atoms with Gasteiger partial charge in [0.1, 0.15) is 5.60 Å². The molecule has 2 aliphatic heterocycles. The Morgan fingerprint density at radius 1 is 1.00 bits per heavy atom. The second-order valence-corrected chi connectivity index (χ2v) is 11.8. The molecular formula is C30H40N6O3. The van der Waals surface area contributed by atoms with Gasteiger partial charge in [-0.25, -0.2) is 14.6 Å². The number of pyridine rings is 1. The van der Waals surface area contributed by atoms with Crippen LogP contribution in [-0.4, -0.2) is 69.3 Å². The van der Waals surface area contributed by atoms with Gasteiger partial charge in [-0.3, -0.25) is 4.90 Å². The van der Waals surface area contributed by atoms with Crippen LogP contribution in [0.2, 0.25) is 0 Å². The normalized spacial score (nSPS) is 18.8. The van der Waals surface area contributed by atoms with Crippen molar-refractivity contribution in [1.82, 2.24) is 19.4 Å². The van der Waals surface area contributed by atoms with Gasteiger partial charge in [0.25, 0.3) is 0 Å². The van der Waals surface area contributed by atoms with E-state index in [2.05, 4.69) is 12.1 Å². The first-order chi connectivity index (χ1) is 18.6. The van der Waals surface area contributed by atoms with Gasteiger partial charge in [-0.15, -0.1) is 0 Å². The Labute approximate surface area is 230 Å². The lowest BCUT2D eigenvalue weighted by molar-refractivity contribution is 0.0197. The summed E-state index contributed by atoms with van der Waals surface area (Å²) in [5, 5.41) is 1.03. The van der Waals surface area contributed by atoms with Crippen molar-refractivity contribution in [3.8, 4) is 0 Å². The standard InChI is InChI=1S/C30H40N6O3/c1-30(2,3)39-29(38)35-16-5-6-25(20-35)36(27-26-23(11-15-32-27)12-17-33(26)4)28(37)34-18-13-22(14-19-34)21-7-9-24(31)10-8-21/h7-12,15,17,22,25H,5-6,13-14,16,18-20,31H2,1-4H3/t25-/m0/s1. The van der Waals surface area contributed by atoms with Crippen molar-refractivity contribution in [2.75, 3.05) is 36.8 Å². The molecule has 2 aromatic heterocycles. The first kappa shape index (κ1) is 26.8. The third-order valence-electron chi connectivity index (χ3n) is 7.79. The minimum absolute atomic E-state index is 0.0528. The maximum atomic E-state index is 14.3. The predicted molar refractivity (Wildman–Crippen MR) is 154 cm³/mol. The van der Waals surface area contributed by atoms with Crippen LogP contribution in [0.25, 0.3) is 10.9 Å². The second-order valence-electron chi connectivity index (χ2n) is 11.8. The average molecular weight is 533 g/mol. The van der Waals surface area contributed by atoms with Crippen LogP contribution in [0.5, 0.6) is 0 Å². The number of aromatic nitrogens is 2. The highest BCUT2D eigenvalue weighted by atomic mass is 16.6. The van der Waals surface area contributed by atoms with E-state index in [-0.39, 0.29) is 18.2 Å². The molecule has 2 saturated heterocycles. The van der Waals surface area contributed by atoms with Crippen LogP contribution >= 0.6 is 0 Å². The third kappa shape index (κ3) is 5.82. The van der Waals surface area contributed by atoms with E-state index in [9.17, 15) is 9.59 Å². The molecule has 1 aromatic carbocycles. The minimum atomic E-state index is -0.579. The number of anilines is 2. The lowest BCUT2D eigenvalue weighted by Gasteiger charge is -2.42. The number of carbonyl (C=O) groups is 2. The van der Waals surface area contributed by atoms with Gasteiger partial charge >= 0.3 is 12.1 Å². The number of nitrogens with zero attached hydrogens (tertiary/aromatic N) is 5. The Morgan fingerprint density at radius 3 is 2.41 bits per heavy atom. The number of hydrogen-bond acceptors (Lipinski definition) is 5. The number of urea groups is 1. The van der Waals surface area contributed by atoms with Gasteiger partial charge in [0.2, 0.25) is 0 Å². The third-order valence-corrected chi connectivity index (χ3v) is 7.79. The van der Waals surface area contributed by atoms with Gasteiger partial charge in [-0.1, -0.05) is 12.1 Å². The Morgan fingerprint density at radius 2 is 1.72 bits per heavy atom. The smallest absolute Gasteiger partial charge is 0.410 e. The molecule has 0 radical (unpaired) electrons. The first-order valence-electron chi connectivity index (χ1n) is 13.9.